The molecule has 1 aromatic rings. The smallest absolute Gasteiger partial charge is 0.322 e. The van der Waals surface area contributed by atoms with Crippen LogP contribution in [0.3, 0.4) is 0 Å². The van der Waals surface area contributed by atoms with Gasteiger partial charge in [0.05, 0.1) is 7.11 Å². The van der Waals surface area contributed by atoms with E-state index in [1.165, 1.54) is 0 Å². The van der Waals surface area contributed by atoms with E-state index >= 15 is 0 Å². The fourth-order valence-corrected chi connectivity index (χ4v) is 1.99. The lowest BCUT2D eigenvalue weighted by Gasteiger charge is -2.28. The summed E-state index contributed by atoms with van der Waals surface area (Å²) in [5.41, 5.74) is 0.113. The summed E-state index contributed by atoms with van der Waals surface area (Å²) in [4.78, 5) is 14.8. The Morgan fingerprint density at radius 3 is 2.20 bits per heavy atom. The zero-order valence-electron chi connectivity index (χ0n) is 13.3. The van der Waals surface area contributed by atoms with Crippen molar-refractivity contribution in [1.82, 2.24) is 19.9 Å². The average Bonchev–Trinajstić information content (AvgIpc) is 2.35. The number of aromatic nitrogens is 3. The number of ether oxygens (including phenoxy) is 1. The van der Waals surface area contributed by atoms with Gasteiger partial charge in [0, 0.05) is 19.6 Å². The van der Waals surface area contributed by atoms with Crippen LogP contribution >= 0.6 is 0 Å². The molecule has 2 N–H and O–H groups in total. The molecule has 20 heavy (non-hydrogen) atoms. The second-order valence-corrected chi connectivity index (χ2v) is 5.76. The van der Waals surface area contributed by atoms with Gasteiger partial charge in [0.1, 0.15) is 0 Å². The summed E-state index contributed by atoms with van der Waals surface area (Å²) in [6.45, 7) is 8.88. The lowest BCUT2D eigenvalue weighted by Crippen LogP contribution is -2.34. The minimum atomic E-state index is 0.113. The van der Waals surface area contributed by atoms with E-state index in [0.717, 1.165) is 19.6 Å². The van der Waals surface area contributed by atoms with Crippen LogP contribution in [-0.2, 0) is 0 Å². The zero-order valence-corrected chi connectivity index (χ0v) is 13.3. The van der Waals surface area contributed by atoms with Crippen molar-refractivity contribution in [2.45, 2.75) is 20.8 Å². The van der Waals surface area contributed by atoms with E-state index in [-0.39, 0.29) is 5.41 Å². The Hall–Kier alpha value is -1.63. The highest BCUT2D eigenvalue weighted by Crippen LogP contribution is 2.17. The SMILES string of the molecule is CCNc1nc(NCC(C)(C)CN(C)C)nc(OC)n1. The molecule has 0 saturated heterocycles. The lowest BCUT2D eigenvalue weighted by molar-refractivity contribution is 0.253. The molecule has 0 atom stereocenters. The van der Waals surface area contributed by atoms with Gasteiger partial charge >= 0.3 is 6.01 Å². The lowest BCUT2D eigenvalue weighted by atomic mass is 9.93. The number of hydrogen-bond donors (Lipinski definition) is 2. The minimum Gasteiger partial charge on any atom is -0.467 e. The molecule has 1 heterocycles. The van der Waals surface area contributed by atoms with Gasteiger partial charge in [0.2, 0.25) is 11.9 Å². The Balaban J connectivity index is 2.73. The standard InChI is InChI=1S/C13H26N6O/c1-7-14-10-16-11(18-12(17-10)20-6)15-8-13(2,3)9-19(4)5/h7-9H2,1-6H3,(H2,14,15,16,17,18). The predicted molar refractivity (Wildman–Crippen MR) is 81.4 cm³/mol. The van der Waals surface area contributed by atoms with E-state index < -0.39 is 0 Å². The summed E-state index contributed by atoms with van der Waals surface area (Å²) in [6.07, 6.45) is 0. The Bertz CT molecular complexity index is 421. The van der Waals surface area contributed by atoms with Crippen LogP contribution in [0, 0.1) is 5.41 Å². The number of nitrogens with one attached hydrogen (secondary N) is 2. The normalized spacial score (nSPS) is 11.6. The van der Waals surface area contributed by atoms with Crippen molar-refractivity contribution in [3.8, 4) is 6.01 Å². The Kier molecular flexibility index (Phi) is 5.94. The first kappa shape index (κ1) is 16.4. The molecule has 114 valence electrons. The topological polar surface area (TPSA) is 75.2 Å². The molecule has 0 fully saturated rings. The molecule has 0 unspecified atom stereocenters. The number of nitrogens with zero attached hydrogens (tertiary/aromatic N) is 4. The van der Waals surface area contributed by atoms with Gasteiger partial charge in [-0.2, -0.15) is 15.0 Å². The third kappa shape index (κ3) is 5.56. The molecule has 0 amide bonds. The van der Waals surface area contributed by atoms with Crippen molar-refractivity contribution < 1.29 is 4.74 Å². The van der Waals surface area contributed by atoms with Crippen molar-refractivity contribution >= 4 is 11.9 Å². The highest BCUT2D eigenvalue weighted by Gasteiger charge is 2.19. The van der Waals surface area contributed by atoms with E-state index in [1.807, 2.05) is 6.92 Å². The second kappa shape index (κ2) is 7.23. The highest BCUT2D eigenvalue weighted by molar-refractivity contribution is 5.35. The quantitative estimate of drug-likeness (QED) is 0.744. The van der Waals surface area contributed by atoms with Crippen LogP contribution in [0.25, 0.3) is 0 Å². The predicted octanol–water partition coefficient (Wildman–Crippen LogP) is 1.31. The maximum absolute atomic E-state index is 5.09. The molecule has 0 aliphatic carbocycles. The summed E-state index contributed by atoms with van der Waals surface area (Å²) < 4.78 is 5.09. The second-order valence-electron chi connectivity index (χ2n) is 5.76. The molecule has 0 saturated carbocycles. The molecule has 1 rings (SSSR count). The van der Waals surface area contributed by atoms with Crippen LogP contribution in [-0.4, -0.2) is 60.7 Å². The third-order valence-electron chi connectivity index (χ3n) is 2.60. The van der Waals surface area contributed by atoms with E-state index in [0.29, 0.717) is 17.9 Å². The number of hydrogen-bond acceptors (Lipinski definition) is 7. The molecule has 0 radical (unpaired) electrons. The summed E-state index contributed by atoms with van der Waals surface area (Å²) in [5.74, 6) is 1.05. The fraction of sp³-hybridized carbons (Fsp3) is 0.769. The van der Waals surface area contributed by atoms with Gasteiger partial charge in [-0.15, -0.1) is 0 Å². The summed E-state index contributed by atoms with van der Waals surface area (Å²) in [7, 11) is 5.68. The van der Waals surface area contributed by atoms with Gasteiger partial charge in [-0.25, -0.2) is 0 Å². The molecular formula is C13H26N6O. The maximum atomic E-state index is 5.09. The minimum absolute atomic E-state index is 0.113. The molecule has 0 aliphatic heterocycles. The Morgan fingerprint density at radius 2 is 1.70 bits per heavy atom. The van der Waals surface area contributed by atoms with Gasteiger partial charge in [-0.05, 0) is 26.4 Å². The maximum Gasteiger partial charge on any atom is 0.322 e. The molecule has 7 heteroatoms. The van der Waals surface area contributed by atoms with Crippen molar-refractivity contribution in [3.05, 3.63) is 0 Å². The van der Waals surface area contributed by atoms with Crippen molar-refractivity contribution in [1.29, 1.82) is 0 Å². The van der Waals surface area contributed by atoms with Gasteiger partial charge < -0.3 is 20.3 Å². The fourth-order valence-electron chi connectivity index (χ4n) is 1.99. The van der Waals surface area contributed by atoms with Gasteiger partial charge in [-0.1, -0.05) is 13.8 Å². The molecule has 0 aliphatic rings. The Labute approximate surface area is 121 Å². The van der Waals surface area contributed by atoms with Crippen LogP contribution < -0.4 is 15.4 Å². The van der Waals surface area contributed by atoms with Crippen LogP contribution in [0.4, 0.5) is 11.9 Å². The highest BCUT2D eigenvalue weighted by atomic mass is 16.5. The van der Waals surface area contributed by atoms with Crippen LogP contribution in [0.5, 0.6) is 6.01 Å². The van der Waals surface area contributed by atoms with Crippen molar-refractivity contribution in [3.63, 3.8) is 0 Å². The molecular weight excluding hydrogens is 256 g/mol. The monoisotopic (exact) mass is 282 g/mol. The third-order valence-corrected chi connectivity index (χ3v) is 2.60. The first-order chi connectivity index (χ1) is 9.36. The summed E-state index contributed by atoms with van der Waals surface area (Å²) in [6, 6.07) is 0.309. The average molecular weight is 282 g/mol. The van der Waals surface area contributed by atoms with E-state index in [2.05, 4.69) is 58.4 Å². The molecule has 7 nitrogen and oxygen atoms in total. The van der Waals surface area contributed by atoms with E-state index in [9.17, 15) is 0 Å². The van der Waals surface area contributed by atoms with E-state index in [4.69, 9.17) is 4.74 Å². The number of anilines is 2. The van der Waals surface area contributed by atoms with Gasteiger partial charge in [0.15, 0.2) is 0 Å². The largest absolute Gasteiger partial charge is 0.467 e. The Morgan fingerprint density at radius 1 is 1.10 bits per heavy atom. The van der Waals surface area contributed by atoms with Crippen LogP contribution in [0.1, 0.15) is 20.8 Å². The zero-order chi connectivity index (χ0) is 15.2. The van der Waals surface area contributed by atoms with Gasteiger partial charge in [0.25, 0.3) is 0 Å². The van der Waals surface area contributed by atoms with Crippen LogP contribution in [0.15, 0.2) is 0 Å². The van der Waals surface area contributed by atoms with Crippen molar-refractivity contribution in [2.75, 3.05) is 51.5 Å². The van der Waals surface area contributed by atoms with E-state index in [1.54, 1.807) is 7.11 Å². The number of rotatable bonds is 8. The van der Waals surface area contributed by atoms with Crippen LogP contribution in [0.2, 0.25) is 0 Å². The first-order valence-electron chi connectivity index (χ1n) is 6.79. The number of methoxy groups -OCH3 is 1. The molecule has 0 aromatic carbocycles. The molecule has 0 spiro atoms. The first-order valence-corrected chi connectivity index (χ1v) is 6.79. The van der Waals surface area contributed by atoms with Gasteiger partial charge in [-0.3, -0.25) is 0 Å². The molecule has 0 bridgehead atoms. The molecule has 1 aromatic heterocycles. The summed E-state index contributed by atoms with van der Waals surface area (Å²) >= 11 is 0. The van der Waals surface area contributed by atoms with Crippen molar-refractivity contribution in [2.24, 2.45) is 5.41 Å². The summed E-state index contributed by atoms with van der Waals surface area (Å²) in [5, 5.41) is 6.32.